The van der Waals surface area contributed by atoms with Gasteiger partial charge in [-0.05, 0) is 0 Å². The van der Waals surface area contributed by atoms with Crippen LogP contribution in [-0.2, 0) is 9.01 Å². The van der Waals surface area contributed by atoms with E-state index >= 15 is 0 Å². The Morgan fingerprint density at radius 3 is 1.78 bits per heavy atom. The third-order valence-corrected chi connectivity index (χ3v) is 0.695. The van der Waals surface area contributed by atoms with Crippen LogP contribution in [0.4, 0.5) is 0 Å². The maximum absolute atomic E-state index is 9.59. The van der Waals surface area contributed by atoms with Gasteiger partial charge in [-0.2, -0.15) is 0 Å². The van der Waals surface area contributed by atoms with Gasteiger partial charge in [-0.3, -0.25) is 4.44 Å². The molecule has 0 atom stereocenters. The monoisotopic (exact) mass is 184 g/mol. The van der Waals surface area contributed by atoms with Crippen LogP contribution >= 0.6 is 7.82 Å². The van der Waals surface area contributed by atoms with E-state index in [1.165, 1.54) is 0 Å². The van der Waals surface area contributed by atoms with Gasteiger partial charge in [0.05, 0.1) is 0 Å². The van der Waals surface area contributed by atoms with E-state index < -0.39 is 15.1 Å². The van der Waals surface area contributed by atoms with Crippen LogP contribution in [0.5, 0.6) is 0 Å². The van der Waals surface area contributed by atoms with Gasteiger partial charge in [-0.25, -0.2) is 4.57 Å². The second-order valence-electron chi connectivity index (χ2n) is 0.922. The summed E-state index contributed by atoms with van der Waals surface area (Å²) in [6.45, 7) is 0. The van der Waals surface area contributed by atoms with Gasteiger partial charge in [0.25, 0.3) is 0 Å². The summed E-state index contributed by atoms with van der Waals surface area (Å²) < 4.78 is 12.8. The molecule has 0 bridgehead atoms. The fraction of sp³-hybridized carbons (Fsp3) is 0. The number of hydrogen-bond donors (Lipinski definition) is 4. The Morgan fingerprint density at radius 1 is 1.44 bits per heavy atom. The van der Waals surface area contributed by atoms with Gasteiger partial charge in [0, 0.05) is 0 Å². The predicted octanol–water partition coefficient (Wildman–Crippen LogP) is -2.09. The zero-order valence-corrected chi connectivity index (χ0v) is 7.44. The van der Waals surface area contributed by atoms with Gasteiger partial charge in [0.1, 0.15) is 0 Å². The number of rotatable bonds is 2. The fourth-order valence-corrected chi connectivity index (χ4v) is 0.368. The van der Waals surface area contributed by atoms with E-state index in [1.807, 2.05) is 0 Å². The molecule has 0 aliphatic rings. The molecule has 0 aromatic rings. The molecule has 0 fully saturated rings. The molecule has 0 saturated carbocycles. The van der Waals surface area contributed by atoms with Crippen LogP contribution in [0.1, 0.15) is 2.85 Å². The largest absolute Gasteiger partial charge is 2.00 e. The third kappa shape index (κ3) is 12.5. The first-order valence-electron chi connectivity index (χ1n) is 1.52. The van der Waals surface area contributed by atoms with Crippen LogP contribution < -0.4 is 0 Å². The molecule has 0 radical (unpaired) electrons. The van der Waals surface area contributed by atoms with Crippen molar-refractivity contribution in [3.8, 4) is 0 Å². The van der Waals surface area contributed by atoms with Gasteiger partial charge in [0.15, 0.2) is 0 Å². The summed E-state index contributed by atoms with van der Waals surface area (Å²) in [7, 11) is -7.14. The summed E-state index contributed by atoms with van der Waals surface area (Å²) in [5.41, 5.74) is 0. The molecule has 9 heavy (non-hydrogen) atoms. The van der Waals surface area contributed by atoms with Crippen molar-refractivity contribution in [3.63, 3.8) is 0 Å². The van der Waals surface area contributed by atoms with Crippen molar-refractivity contribution in [1.82, 2.24) is 0 Å². The van der Waals surface area contributed by atoms with E-state index in [4.69, 9.17) is 19.8 Å². The van der Waals surface area contributed by atoms with E-state index in [2.05, 4.69) is 4.44 Å². The molecule has 52 valence electrons. The molecule has 9 heteroatoms. The zero-order chi connectivity index (χ0) is 6.78. The fourth-order valence-electron chi connectivity index (χ4n) is 0.123. The third-order valence-electron chi connectivity index (χ3n) is 0.232. The molecule has 0 rings (SSSR count). The summed E-state index contributed by atoms with van der Waals surface area (Å²) in [4.78, 5) is 15.5. The van der Waals surface area contributed by atoms with Crippen molar-refractivity contribution in [1.29, 1.82) is 0 Å². The first-order valence-corrected chi connectivity index (χ1v) is 3.05. The molecular weight excluding hydrogens is 178 g/mol. The van der Waals surface area contributed by atoms with Crippen LogP contribution in [0.2, 0.25) is 0 Å². The summed E-state index contributed by atoms with van der Waals surface area (Å²) in [5, 5.41) is 15.5. The first-order chi connectivity index (χ1) is 3.42. The summed E-state index contributed by atoms with van der Waals surface area (Å²) in [5.74, 6) is 0. The van der Waals surface area contributed by atoms with E-state index in [9.17, 15) is 4.57 Å². The molecule has 4 N–H and O–H groups in total. The van der Waals surface area contributed by atoms with Crippen molar-refractivity contribution in [3.05, 3.63) is 0 Å². The Labute approximate surface area is 84.2 Å². The minimum absolute atomic E-state index is 0. The predicted molar refractivity (Wildman–Crippen MR) is 31.3 cm³/mol. The van der Waals surface area contributed by atoms with E-state index in [0.717, 1.165) is 0 Å². The Morgan fingerprint density at radius 2 is 1.78 bits per heavy atom. The molecule has 0 heterocycles. The second-order valence-corrected chi connectivity index (χ2v) is 2.11. The van der Waals surface area contributed by atoms with Crippen LogP contribution in [-0.4, -0.2) is 64.9 Å². The van der Waals surface area contributed by atoms with E-state index in [0.29, 0.717) is 0 Å². The molecule has 6 nitrogen and oxygen atoms in total. The molecule has 0 aromatic heterocycles. The molecule has 0 saturated heterocycles. The molecule has 0 unspecified atom stereocenters. The Balaban J connectivity index is -0.0000000817. The van der Waals surface area contributed by atoms with Gasteiger partial charge < -0.3 is 22.7 Å². The molecule has 0 aliphatic carbocycles. The SMILES string of the molecule is O=P(O)(O)OB(O)O.[Ca+2].[H-].[H-]. The van der Waals surface area contributed by atoms with E-state index in [1.54, 1.807) is 0 Å². The molecule has 0 aliphatic heterocycles. The quantitative estimate of drug-likeness (QED) is 0.289. The second kappa shape index (κ2) is 5.06. The topological polar surface area (TPSA) is 107 Å². The summed E-state index contributed by atoms with van der Waals surface area (Å²) in [6, 6.07) is 0. The van der Waals surface area contributed by atoms with Crippen LogP contribution in [0, 0.1) is 0 Å². The summed E-state index contributed by atoms with van der Waals surface area (Å²) >= 11 is 0. The van der Waals surface area contributed by atoms with Gasteiger partial charge in [-0.1, -0.05) is 0 Å². The van der Waals surface area contributed by atoms with Gasteiger partial charge >= 0.3 is 52.9 Å². The van der Waals surface area contributed by atoms with Crippen LogP contribution in [0.15, 0.2) is 0 Å². The van der Waals surface area contributed by atoms with Crippen molar-refractivity contribution < 1.29 is 31.7 Å². The smallest absolute Gasteiger partial charge is 1.00 e. The maximum Gasteiger partial charge on any atom is 2.00 e. The normalized spacial score (nSPS) is 10.2. The van der Waals surface area contributed by atoms with Gasteiger partial charge in [-0.15, -0.1) is 0 Å². The van der Waals surface area contributed by atoms with Crippen LogP contribution in [0.3, 0.4) is 0 Å². The molecule has 0 spiro atoms. The van der Waals surface area contributed by atoms with E-state index in [-0.39, 0.29) is 40.6 Å². The Hall–Kier alpha value is 1.35. The average Bonchev–Trinajstić information content (AvgIpc) is 1.21. The Kier molecular flexibility index (Phi) is 7.31. The minimum atomic E-state index is -4.72. The van der Waals surface area contributed by atoms with Crippen LogP contribution in [0.25, 0.3) is 0 Å². The Bertz CT molecular complexity index is 113. The average molecular weight is 184 g/mol. The summed E-state index contributed by atoms with van der Waals surface area (Å²) in [6.07, 6.45) is 0. The standard InChI is InChI=1S/BH4O6P.Ca.2H/c2-1(3)7-8(4,5)6;;;/h2-3H,(H2,4,5,6);;;/q;+2;2*-1. The van der Waals surface area contributed by atoms with Crippen molar-refractivity contribution in [2.75, 3.05) is 0 Å². The molecule has 0 amide bonds. The number of hydrogen-bond acceptors (Lipinski definition) is 4. The molecular formula is H6BCaO6P. The minimum Gasteiger partial charge on any atom is -1.00 e. The maximum atomic E-state index is 9.59. The van der Waals surface area contributed by atoms with Crippen molar-refractivity contribution in [2.45, 2.75) is 0 Å². The van der Waals surface area contributed by atoms with Crippen molar-refractivity contribution >= 4 is 52.9 Å². The van der Waals surface area contributed by atoms with Gasteiger partial charge in [0.2, 0.25) is 0 Å². The van der Waals surface area contributed by atoms with Crippen molar-refractivity contribution in [2.24, 2.45) is 0 Å². The first kappa shape index (κ1) is 13.0. The number of phosphoric acid groups is 1. The molecule has 0 aromatic carbocycles. The zero-order valence-electron chi connectivity index (χ0n) is 6.34.